The van der Waals surface area contributed by atoms with Crippen LogP contribution in [-0.2, 0) is 11.3 Å². The van der Waals surface area contributed by atoms with Crippen LogP contribution < -0.4 is 10.7 Å². The maximum Gasteiger partial charge on any atom is 0.226 e. The lowest BCUT2D eigenvalue weighted by atomic mass is 10.2. The first-order chi connectivity index (χ1) is 11.5. The molecule has 0 aliphatic carbocycles. The van der Waals surface area contributed by atoms with Gasteiger partial charge in [-0.05, 0) is 30.3 Å². The normalized spacial score (nSPS) is 10.8. The Balaban J connectivity index is 1.73. The summed E-state index contributed by atoms with van der Waals surface area (Å²) in [5.74, 6) is -0.196. The van der Waals surface area contributed by atoms with Crippen molar-refractivity contribution in [2.45, 2.75) is 13.0 Å². The molecule has 0 spiro atoms. The van der Waals surface area contributed by atoms with E-state index in [9.17, 15) is 9.59 Å². The van der Waals surface area contributed by atoms with Crippen LogP contribution in [0.25, 0.3) is 10.9 Å². The minimum atomic E-state index is -0.196. The Labute approximate surface area is 147 Å². The van der Waals surface area contributed by atoms with Crippen molar-refractivity contribution >= 4 is 45.7 Å². The highest BCUT2D eigenvalue weighted by Gasteiger charge is 2.07. The summed E-state index contributed by atoms with van der Waals surface area (Å²) in [7, 11) is 0. The largest absolute Gasteiger partial charge is 0.326 e. The monoisotopic (exact) mass is 361 g/mol. The predicted octanol–water partition coefficient (Wildman–Crippen LogP) is 3.73. The van der Waals surface area contributed by atoms with Crippen molar-refractivity contribution < 1.29 is 4.79 Å². The molecule has 0 aliphatic heterocycles. The highest BCUT2D eigenvalue weighted by atomic mass is 35.5. The quantitative estimate of drug-likeness (QED) is 0.769. The van der Waals surface area contributed by atoms with Crippen molar-refractivity contribution in [3.8, 4) is 0 Å². The van der Waals surface area contributed by atoms with Gasteiger partial charge in [0, 0.05) is 27.5 Å². The average Bonchev–Trinajstić information content (AvgIpc) is 2.53. The lowest BCUT2D eigenvalue weighted by Crippen LogP contribution is -2.18. The molecule has 1 amide bonds. The van der Waals surface area contributed by atoms with Gasteiger partial charge in [-0.3, -0.25) is 14.3 Å². The van der Waals surface area contributed by atoms with E-state index in [1.807, 2.05) is 6.07 Å². The average molecular weight is 362 g/mol. The number of aryl methyl sites for hydroxylation is 1. The van der Waals surface area contributed by atoms with Crippen molar-refractivity contribution in [1.82, 2.24) is 9.78 Å². The second-order valence-corrected chi connectivity index (χ2v) is 6.08. The number of amides is 1. The second kappa shape index (κ2) is 7.03. The lowest BCUT2D eigenvalue weighted by Gasteiger charge is -2.10. The van der Waals surface area contributed by atoms with Gasteiger partial charge < -0.3 is 5.32 Å². The summed E-state index contributed by atoms with van der Waals surface area (Å²) >= 11 is 11.8. The number of nitrogens with zero attached hydrogens (tertiary/aromatic N) is 2. The van der Waals surface area contributed by atoms with Crippen molar-refractivity contribution in [1.29, 1.82) is 0 Å². The van der Waals surface area contributed by atoms with E-state index in [2.05, 4.69) is 10.4 Å². The fourth-order valence-electron chi connectivity index (χ4n) is 2.40. The van der Waals surface area contributed by atoms with Crippen molar-refractivity contribution in [2.75, 3.05) is 5.32 Å². The van der Waals surface area contributed by atoms with Gasteiger partial charge in [0.05, 0.1) is 18.3 Å². The second-order valence-electron chi connectivity index (χ2n) is 5.21. The van der Waals surface area contributed by atoms with Gasteiger partial charge in [0.25, 0.3) is 0 Å². The summed E-state index contributed by atoms with van der Waals surface area (Å²) < 4.78 is 1.64. The molecule has 0 bridgehead atoms. The van der Waals surface area contributed by atoms with Crippen molar-refractivity contribution in [3.05, 3.63) is 68.9 Å². The van der Waals surface area contributed by atoms with Gasteiger partial charge in [0.1, 0.15) is 0 Å². The summed E-state index contributed by atoms with van der Waals surface area (Å²) in [4.78, 5) is 23.9. The zero-order chi connectivity index (χ0) is 17.1. The van der Waals surface area contributed by atoms with E-state index >= 15 is 0 Å². The molecule has 1 aromatic heterocycles. The van der Waals surface area contributed by atoms with Gasteiger partial charge in [-0.25, -0.2) is 0 Å². The molecule has 0 atom stereocenters. The Morgan fingerprint density at radius 3 is 2.58 bits per heavy atom. The minimum absolute atomic E-state index is 0.139. The zero-order valence-corrected chi connectivity index (χ0v) is 14.0. The number of para-hydroxylation sites is 1. The van der Waals surface area contributed by atoms with Crippen molar-refractivity contribution in [2.24, 2.45) is 0 Å². The summed E-state index contributed by atoms with van der Waals surface area (Å²) in [6, 6.07) is 12.0. The van der Waals surface area contributed by atoms with Crippen LogP contribution in [0.5, 0.6) is 0 Å². The van der Waals surface area contributed by atoms with Gasteiger partial charge in [0.2, 0.25) is 11.3 Å². The van der Waals surface area contributed by atoms with E-state index in [1.165, 1.54) is 6.20 Å². The number of halogens is 2. The van der Waals surface area contributed by atoms with Crippen LogP contribution in [0.1, 0.15) is 6.42 Å². The number of hydrogen-bond donors (Lipinski definition) is 1. The molecule has 0 radical (unpaired) electrons. The molecule has 2 aromatic carbocycles. The molecule has 3 rings (SSSR count). The van der Waals surface area contributed by atoms with Crippen LogP contribution in [0.4, 0.5) is 5.69 Å². The van der Waals surface area contributed by atoms with Crippen LogP contribution in [0.15, 0.2) is 53.5 Å². The molecule has 1 N–H and O–H groups in total. The molecular formula is C17H13Cl2N3O2. The van der Waals surface area contributed by atoms with Crippen molar-refractivity contribution in [3.63, 3.8) is 0 Å². The number of carbonyl (C=O) groups is 1. The number of aromatic nitrogens is 2. The maximum atomic E-state index is 12.1. The number of nitrogens with one attached hydrogen (secondary N) is 1. The van der Waals surface area contributed by atoms with E-state index < -0.39 is 0 Å². The highest BCUT2D eigenvalue weighted by molar-refractivity contribution is 6.35. The van der Waals surface area contributed by atoms with Crippen LogP contribution in [0.2, 0.25) is 10.0 Å². The first-order valence-corrected chi connectivity index (χ1v) is 7.99. The highest BCUT2D eigenvalue weighted by Crippen LogP contribution is 2.22. The Morgan fingerprint density at radius 2 is 1.83 bits per heavy atom. The number of rotatable bonds is 4. The molecule has 0 saturated carbocycles. The lowest BCUT2D eigenvalue weighted by molar-refractivity contribution is -0.116. The van der Waals surface area contributed by atoms with Gasteiger partial charge in [-0.1, -0.05) is 35.3 Å². The van der Waals surface area contributed by atoms with E-state index in [0.717, 1.165) is 0 Å². The standard InChI is InChI=1S/C17H13Cl2N3O2/c18-11-7-12(19)9-13(8-11)21-17(24)5-6-22-15-4-2-1-3-14(15)16(23)10-20-22/h1-4,7-10H,5-6H2,(H,21,24). The molecule has 0 unspecified atom stereocenters. The summed E-state index contributed by atoms with van der Waals surface area (Å²) in [6.07, 6.45) is 1.46. The third-order valence-corrected chi connectivity index (χ3v) is 3.90. The fraction of sp³-hybridized carbons (Fsp3) is 0.118. The fourth-order valence-corrected chi connectivity index (χ4v) is 2.92. The van der Waals surface area contributed by atoms with Gasteiger partial charge in [0.15, 0.2) is 0 Å². The Bertz CT molecular complexity index is 949. The maximum absolute atomic E-state index is 12.1. The molecule has 1 heterocycles. The Morgan fingerprint density at radius 1 is 1.12 bits per heavy atom. The topological polar surface area (TPSA) is 64.0 Å². The van der Waals surface area contributed by atoms with Crippen LogP contribution in [0, 0.1) is 0 Å². The van der Waals surface area contributed by atoms with Crippen LogP contribution in [-0.4, -0.2) is 15.7 Å². The van der Waals surface area contributed by atoms with E-state index in [0.29, 0.717) is 33.2 Å². The van der Waals surface area contributed by atoms with Gasteiger partial charge >= 0.3 is 0 Å². The number of carbonyl (C=O) groups excluding carboxylic acids is 1. The van der Waals surface area contributed by atoms with E-state index in [4.69, 9.17) is 23.2 Å². The van der Waals surface area contributed by atoms with E-state index in [-0.39, 0.29) is 17.8 Å². The van der Waals surface area contributed by atoms with Crippen LogP contribution in [0.3, 0.4) is 0 Å². The third-order valence-electron chi connectivity index (χ3n) is 3.46. The first kappa shape index (κ1) is 16.5. The number of anilines is 1. The van der Waals surface area contributed by atoms with Gasteiger partial charge in [-0.2, -0.15) is 5.10 Å². The Kier molecular flexibility index (Phi) is 4.83. The molecule has 0 aliphatic rings. The Hall–Kier alpha value is -2.37. The SMILES string of the molecule is O=C(CCn1ncc(=O)c2ccccc21)Nc1cc(Cl)cc(Cl)c1. The molecule has 0 fully saturated rings. The summed E-state index contributed by atoms with van der Waals surface area (Å²) in [5.41, 5.74) is 1.10. The summed E-state index contributed by atoms with van der Waals surface area (Å²) in [5, 5.41) is 8.32. The van der Waals surface area contributed by atoms with Crippen LogP contribution >= 0.6 is 23.2 Å². The first-order valence-electron chi connectivity index (χ1n) is 7.24. The summed E-state index contributed by atoms with van der Waals surface area (Å²) in [6.45, 7) is 0.348. The van der Waals surface area contributed by atoms with Gasteiger partial charge in [-0.15, -0.1) is 0 Å². The number of hydrogen-bond acceptors (Lipinski definition) is 3. The number of fused-ring (bicyclic) bond motifs is 1. The number of benzene rings is 2. The minimum Gasteiger partial charge on any atom is -0.326 e. The molecule has 0 saturated heterocycles. The van der Waals surface area contributed by atoms with E-state index in [1.54, 1.807) is 41.1 Å². The molecule has 122 valence electrons. The molecule has 3 aromatic rings. The molecular weight excluding hydrogens is 349 g/mol. The molecule has 24 heavy (non-hydrogen) atoms. The predicted molar refractivity (Wildman–Crippen MR) is 95.7 cm³/mol. The molecule has 5 nitrogen and oxygen atoms in total. The smallest absolute Gasteiger partial charge is 0.226 e. The molecule has 7 heteroatoms. The zero-order valence-electron chi connectivity index (χ0n) is 12.5. The third kappa shape index (κ3) is 3.75.